The average molecular weight is 249 g/mol. The minimum atomic E-state index is -0.772. The van der Waals surface area contributed by atoms with Gasteiger partial charge in [-0.3, -0.25) is 0 Å². The van der Waals surface area contributed by atoms with Crippen molar-refractivity contribution in [3.05, 3.63) is 28.7 Å². The molecular weight excluding hydrogens is 238 g/mol. The van der Waals surface area contributed by atoms with E-state index in [-0.39, 0.29) is 16.9 Å². The Labute approximate surface area is 103 Å². The molecule has 0 aliphatic heterocycles. The summed E-state index contributed by atoms with van der Waals surface area (Å²) in [6.07, 6.45) is 1.20. The lowest BCUT2D eigenvalue weighted by molar-refractivity contribution is -0.135. The second-order valence-electron chi connectivity index (χ2n) is 3.27. The maximum absolute atomic E-state index is 11.3. The number of nitriles is 1. The van der Waals surface area contributed by atoms with E-state index < -0.39 is 11.9 Å². The van der Waals surface area contributed by atoms with E-state index >= 15 is 0 Å². The first-order valence-corrected chi connectivity index (χ1v) is 4.92. The van der Waals surface area contributed by atoms with Crippen LogP contribution in [0.25, 0.3) is 6.08 Å². The van der Waals surface area contributed by atoms with E-state index in [1.165, 1.54) is 26.4 Å². The zero-order valence-corrected chi connectivity index (χ0v) is 10.1. The molecule has 94 valence electrons. The Hall–Kier alpha value is -2.55. The molecule has 0 spiro atoms. The van der Waals surface area contributed by atoms with Crippen LogP contribution in [0.3, 0.4) is 0 Å². The lowest BCUT2D eigenvalue weighted by atomic mass is 10.2. The van der Waals surface area contributed by atoms with Gasteiger partial charge in [-0.15, -0.1) is 0 Å². The van der Waals surface area contributed by atoms with Gasteiger partial charge in [-0.25, -0.2) is 9.59 Å². The summed E-state index contributed by atoms with van der Waals surface area (Å²) in [7, 11) is 2.42. The quantitative estimate of drug-likeness (QED) is 0.457. The molecule has 1 heterocycles. The summed E-state index contributed by atoms with van der Waals surface area (Å²) in [6, 6.07) is 3.07. The zero-order chi connectivity index (χ0) is 13.7. The fraction of sp³-hybridized carbons (Fsp3) is 0.250. The predicted molar refractivity (Wildman–Crippen MR) is 60.4 cm³/mol. The van der Waals surface area contributed by atoms with Crippen LogP contribution in [0.4, 0.5) is 0 Å². The molecule has 1 aromatic rings. The summed E-state index contributed by atoms with van der Waals surface area (Å²) in [5.74, 6) is -0.774. The number of hydrogen-bond donors (Lipinski definition) is 0. The van der Waals surface area contributed by atoms with Crippen LogP contribution in [0, 0.1) is 18.3 Å². The van der Waals surface area contributed by atoms with Gasteiger partial charge in [0.15, 0.2) is 0 Å². The van der Waals surface area contributed by atoms with Crippen molar-refractivity contribution in [3.8, 4) is 6.07 Å². The molecule has 0 unspecified atom stereocenters. The topological polar surface area (TPSA) is 89.5 Å². The third-order valence-electron chi connectivity index (χ3n) is 2.15. The van der Waals surface area contributed by atoms with Crippen molar-refractivity contribution >= 4 is 18.0 Å². The maximum Gasteiger partial charge on any atom is 0.348 e. The van der Waals surface area contributed by atoms with Crippen LogP contribution in [0.1, 0.15) is 21.9 Å². The van der Waals surface area contributed by atoms with E-state index in [0.717, 1.165) is 0 Å². The number of hydrogen-bond acceptors (Lipinski definition) is 6. The minimum Gasteiger partial charge on any atom is -0.465 e. The summed E-state index contributed by atoms with van der Waals surface area (Å²) in [4.78, 5) is 22.5. The van der Waals surface area contributed by atoms with Gasteiger partial charge < -0.3 is 13.9 Å². The highest BCUT2D eigenvalue weighted by Gasteiger charge is 2.16. The Morgan fingerprint density at radius 3 is 2.56 bits per heavy atom. The molecular formula is C12H11NO5. The highest BCUT2D eigenvalue weighted by molar-refractivity contribution is 5.98. The van der Waals surface area contributed by atoms with Gasteiger partial charge in [0.1, 0.15) is 28.7 Å². The van der Waals surface area contributed by atoms with Crippen LogP contribution in [0.15, 0.2) is 16.1 Å². The van der Waals surface area contributed by atoms with Gasteiger partial charge in [-0.2, -0.15) is 5.26 Å². The molecule has 0 saturated carbocycles. The molecule has 0 saturated heterocycles. The van der Waals surface area contributed by atoms with Crippen molar-refractivity contribution in [1.82, 2.24) is 0 Å². The second kappa shape index (κ2) is 5.68. The molecule has 0 aliphatic carbocycles. The van der Waals surface area contributed by atoms with E-state index in [0.29, 0.717) is 5.76 Å². The molecule has 18 heavy (non-hydrogen) atoms. The Bertz CT molecular complexity index is 547. The van der Waals surface area contributed by atoms with E-state index in [9.17, 15) is 9.59 Å². The number of aryl methyl sites for hydroxylation is 1. The van der Waals surface area contributed by atoms with Crippen LogP contribution in [0.5, 0.6) is 0 Å². The van der Waals surface area contributed by atoms with Gasteiger partial charge in [-0.1, -0.05) is 0 Å². The number of carbonyl (C=O) groups is 2. The SMILES string of the molecule is COC(=O)C(C#N)=Cc1cc(C(=O)OC)c(C)o1. The van der Waals surface area contributed by atoms with Crippen molar-refractivity contribution in [2.75, 3.05) is 14.2 Å². The summed E-state index contributed by atoms with van der Waals surface area (Å²) in [6.45, 7) is 1.58. The summed E-state index contributed by atoms with van der Waals surface area (Å²) in [5, 5.41) is 8.77. The van der Waals surface area contributed by atoms with Gasteiger partial charge in [0, 0.05) is 6.08 Å². The van der Waals surface area contributed by atoms with Crippen molar-refractivity contribution in [3.63, 3.8) is 0 Å². The number of ether oxygens (including phenoxy) is 2. The van der Waals surface area contributed by atoms with Crippen molar-refractivity contribution in [1.29, 1.82) is 5.26 Å². The number of furan rings is 1. The molecule has 1 rings (SSSR count). The van der Waals surface area contributed by atoms with Crippen molar-refractivity contribution < 1.29 is 23.5 Å². The van der Waals surface area contributed by atoms with Crippen LogP contribution in [-0.2, 0) is 14.3 Å². The minimum absolute atomic E-state index is 0.204. The molecule has 0 amide bonds. The maximum atomic E-state index is 11.3. The molecule has 6 heteroatoms. The summed E-state index contributed by atoms with van der Waals surface area (Å²) in [5.41, 5.74) is 0.0218. The van der Waals surface area contributed by atoms with Gasteiger partial charge >= 0.3 is 11.9 Å². The monoisotopic (exact) mass is 249 g/mol. The van der Waals surface area contributed by atoms with Gasteiger partial charge in [0.25, 0.3) is 0 Å². The fourth-order valence-corrected chi connectivity index (χ4v) is 1.28. The Morgan fingerprint density at radius 2 is 2.06 bits per heavy atom. The standard InChI is InChI=1S/C12H11NO5/c1-7-10(12(15)17-3)5-9(18-7)4-8(6-13)11(14)16-2/h4-5H,1-3H3. The highest BCUT2D eigenvalue weighted by atomic mass is 16.5. The lowest BCUT2D eigenvalue weighted by Gasteiger charge is -1.93. The third-order valence-corrected chi connectivity index (χ3v) is 2.15. The summed E-state index contributed by atoms with van der Waals surface area (Å²) < 4.78 is 14.2. The first-order chi connectivity index (χ1) is 8.53. The Morgan fingerprint density at radius 1 is 1.39 bits per heavy atom. The van der Waals surface area contributed by atoms with E-state index in [1.54, 1.807) is 13.0 Å². The van der Waals surface area contributed by atoms with Crippen LogP contribution < -0.4 is 0 Å². The predicted octanol–water partition coefficient (Wildman–Crippen LogP) is 1.45. The number of methoxy groups -OCH3 is 2. The number of esters is 2. The zero-order valence-electron chi connectivity index (χ0n) is 10.1. The number of rotatable bonds is 3. The van der Waals surface area contributed by atoms with Gasteiger partial charge in [0.2, 0.25) is 0 Å². The van der Waals surface area contributed by atoms with Gasteiger partial charge in [-0.05, 0) is 13.0 Å². The molecule has 0 fully saturated rings. The smallest absolute Gasteiger partial charge is 0.348 e. The van der Waals surface area contributed by atoms with Crippen molar-refractivity contribution in [2.45, 2.75) is 6.92 Å². The van der Waals surface area contributed by atoms with E-state index in [1.807, 2.05) is 0 Å². The fourth-order valence-electron chi connectivity index (χ4n) is 1.28. The average Bonchev–Trinajstić information content (AvgIpc) is 2.75. The second-order valence-corrected chi connectivity index (χ2v) is 3.27. The normalized spacial score (nSPS) is 10.7. The molecule has 0 atom stereocenters. The first kappa shape index (κ1) is 13.5. The molecule has 0 aliphatic rings. The first-order valence-electron chi connectivity index (χ1n) is 4.92. The van der Waals surface area contributed by atoms with Crippen LogP contribution in [0.2, 0.25) is 0 Å². The largest absolute Gasteiger partial charge is 0.465 e. The van der Waals surface area contributed by atoms with E-state index in [2.05, 4.69) is 9.47 Å². The lowest BCUT2D eigenvalue weighted by Crippen LogP contribution is -2.02. The molecule has 0 bridgehead atoms. The van der Waals surface area contributed by atoms with E-state index in [4.69, 9.17) is 9.68 Å². The Kier molecular flexibility index (Phi) is 4.27. The number of nitrogens with zero attached hydrogens (tertiary/aromatic N) is 1. The van der Waals surface area contributed by atoms with Gasteiger partial charge in [0.05, 0.1) is 14.2 Å². The third kappa shape index (κ3) is 2.77. The van der Waals surface area contributed by atoms with Crippen LogP contribution >= 0.6 is 0 Å². The molecule has 0 aromatic carbocycles. The van der Waals surface area contributed by atoms with Crippen molar-refractivity contribution in [2.24, 2.45) is 0 Å². The molecule has 0 N–H and O–H groups in total. The van der Waals surface area contributed by atoms with Crippen LogP contribution in [-0.4, -0.2) is 26.2 Å². The molecule has 1 aromatic heterocycles. The summed E-state index contributed by atoms with van der Waals surface area (Å²) >= 11 is 0. The Balaban J connectivity index is 3.13. The molecule has 0 radical (unpaired) electrons. The molecule has 6 nitrogen and oxygen atoms in total. The number of carbonyl (C=O) groups excluding carboxylic acids is 2. The highest BCUT2D eigenvalue weighted by Crippen LogP contribution is 2.18.